The van der Waals surface area contributed by atoms with E-state index >= 15 is 0 Å². The Morgan fingerprint density at radius 2 is 2.25 bits per heavy atom. The molecule has 0 unspecified atom stereocenters. The van der Waals surface area contributed by atoms with Crippen LogP contribution in [0, 0.1) is 11.3 Å². The highest BCUT2D eigenvalue weighted by molar-refractivity contribution is 7.98. The summed E-state index contributed by atoms with van der Waals surface area (Å²) in [5.74, 6) is 0.633. The molecule has 2 heterocycles. The highest BCUT2D eigenvalue weighted by Gasteiger charge is 2.11. The second-order valence-corrected chi connectivity index (χ2v) is 5.25. The van der Waals surface area contributed by atoms with Gasteiger partial charge in [-0.05, 0) is 19.2 Å². The van der Waals surface area contributed by atoms with Gasteiger partial charge < -0.3 is 10.1 Å². The lowest BCUT2D eigenvalue weighted by Gasteiger charge is -2.26. The maximum Gasteiger partial charge on any atom is 0.148 e. The number of nitriles is 1. The van der Waals surface area contributed by atoms with Crippen LogP contribution in [0.4, 0.5) is 5.82 Å². The Bertz CT molecular complexity index is 470. The predicted molar refractivity (Wildman–Crippen MR) is 78.9 cm³/mol. The van der Waals surface area contributed by atoms with Crippen LogP contribution in [0.2, 0.25) is 0 Å². The van der Waals surface area contributed by atoms with Gasteiger partial charge in [0, 0.05) is 19.6 Å². The highest BCUT2D eigenvalue weighted by Crippen LogP contribution is 2.21. The molecule has 0 bridgehead atoms. The fourth-order valence-electron chi connectivity index (χ4n) is 2.09. The number of morpholine rings is 1. The van der Waals surface area contributed by atoms with Crippen molar-refractivity contribution in [3.8, 4) is 6.07 Å². The lowest BCUT2D eigenvalue weighted by molar-refractivity contribution is 0.0378. The predicted octanol–water partition coefficient (Wildman–Crippen LogP) is 1.20. The summed E-state index contributed by atoms with van der Waals surface area (Å²) in [5.41, 5.74) is 0.534. The fraction of sp³-hybridized carbons (Fsp3) is 0.615. The molecule has 0 saturated carbocycles. The van der Waals surface area contributed by atoms with Crippen LogP contribution < -0.4 is 5.32 Å². The van der Waals surface area contributed by atoms with Gasteiger partial charge in [-0.2, -0.15) is 5.26 Å². The fourth-order valence-corrected chi connectivity index (χ4v) is 2.59. The van der Waals surface area contributed by atoms with E-state index in [9.17, 15) is 5.26 Å². The van der Waals surface area contributed by atoms with Gasteiger partial charge in [0.25, 0.3) is 0 Å². The van der Waals surface area contributed by atoms with Crippen molar-refractivity contribution >= 4 is 17.6 Å². The van der Waals surface area contributed by atoms with E-state index < -0.39 is 0 Å². The van der Waals surface area contributed by atoms with E-state index in [1.54, 1.807) is 0 Å². The van der Waals surface area contributed by atoms with Crippen LogP contribution >= 0.6 is 11.8 Å². The molecule has 1 aromatic rings. The molecule has 1 N–H and O–H groups in total. The van der Waals surface area contributed by atoms with E-state index in [1.807, 2.05) is 6.26 Å². The van der Waals surface area contributed by atoms with Gasteiger partial charge in [0.05, 0.1) is 13.2 Å². The molecule has 1 aliphatic rings. The van der Waals surface area contributed by atoms with Gasteiger partial charge in [-0.1, -0.05) is 0 Å². The zero-order valence-electron chi connectivity index (χ0n) is 11.6. The van der Waals surface area contributed by atoms with Gasteiger partial charge in [0.2, 0.25) is 0 Å². The molecule has 1 fully saturated rings. The Labute approximate surface area is 123 Å². The molecule has 20 heavy (non-hydrogen) atoms. The van der Waals surface area contributed by atoms with E-state index in [0.29, 0.717) is 11.4 Å². The van der Waals surface area contributed by atoms with Gasteiger partial charge in [-0.3, -0.25) is 4.90 Å². The molecule has 1 saturated heterocycles. The third-order valence-corrected chi connectivity index (χ3v) is 3.86. The van der Waals surface area contributed by atoms with Crippen LogP contribution in [-0.2, 0) is 4.74 Å². The zero-order valence-corrected chi connectivity index (χ0v) is 12.4. The summed E-state index contributed by atoms with van der Waals surface area (Å²) < 4.78 is 5.32. The van der Waals surface area contributed by atoms with Crippen molar-refractivity contribution in [1.82, 2.24) is 14.9 Å². The van der Waals surface area contributed by atoms with Crippen molar-refractivity contribution in [2.75, 3.05) is 51.0 Å². The molecule has 0 aliphatic carbocycles. The molecular formula is C13H19N5OS. The smallest absolute Gasteiger partial charge is 0.148 e. The summed E-state index contributed by atoms with van der Waals surface area (Å²) in [4.78, 5) is 10.6. The first-order valence-electron chi connectivity index (χ1n) is 6.68. The average Bonchev–Trinajstić information content (AvgIpc) is 2.52. The summed E-state index contributed by atoms with van der Waals surface area (Å²) in [6, 6.07) is 2.17. The van der Waals surface area contributed by atoms with Crippen LogP contribution in [0.15, 0.2) is 11.4 Å². The number of thioether (sulfide) groups is 1. The monoisotopic (exact) mass is 293 g/mol. The molecule has 108 valence electrons. The Morgan fingerprint density at radius 3 is 2.95 bits per heavy atom. The van der Waals surface area contributed by atoms with E-state index in [4.69, 9.17) is 4.74 Å². The van der Waals surface area contributed by atoms with Crippen molar-refractivity contribution < 1.29 is 4.74 Å². The van der Waals surface area contributed by atoms with Crippen molar-refractivity contribution in [3.63, 3.8) is 0 Å². The minimum absolute atomic E-state index is 0.534. The van der Waals surface area contributed by atoms with Gasteiger partial charge in [-0.15, -0.1) is 11.8 Å². The molecule has 0 atom stereocenters. The van der Waals surface area contributed by atoms with Gasteiger partial charge in [0.15, 0.2) is 0 Å². The molecule has 7 heteroatoms. The number of rotatable bonds is 6. The van der Waals surface area contributed by atoms with Crippen LogP contribution in [0.5, 0.6) is 0 Å². The Kier molecular flexibility index (Phi) is 6.05. The Hall–Kier alpha value is -1.36. The van der Waals surface area contributed by atoms with E-state index in [-0.39, 0.29) is 0 Å². The molecule has 0 aromatic carbocycles. The quantitative estimate of drug-likeness (QED) is 0.480. The van der Waals surface area contributed by atoms with E-state index in [1.165, 1.54) is 18.1 Å². The number of hydrogen-bond acceptors (Lipinski definition) is 7. The van der Waals surface area contributed by atoms with Crippen molar-refractivity contribution in [3.05, 3.63) is 11.9 Å². The van der Waals surface area contributed by atoms with Crippen molar-refractivity contribution in [2.24, 2.45) is 0 Å². The Morgan fingerprint density at radius 1 is 1.45 bits per heavy atom. The number of hydrogen-bond donors (Lipinski definition) is 1. The van der Waals surface area contributed by atoms with Gasteiger partial charge in [0.1, 0.15) is 28.8 Å². The van der Waals surface area contributed by atoms with Crippen LogP contribution in [0.1, 0.15) is 12.0 Å². The van der Waals surface area contributed by atoms with E-state index in [0.717, 1.165) is 50.8 Å². The van der Waals surface area contributed by atoms with Crippen molar-refractivity contribution in [1.29, 1.82) is 5.26 Å². The SMILES string of the molecule is CSc1ncnc(NCCCN2CCOCC2)c1C#N. The lowest BCUT2D eigenvalue weighted by atomic mass is 10.3. The second kappa shape index (κ2) is 8.04. The molecule has 2 rings (SSSR count). The number of anilines is 1. The molecule has 1 aliphatic heterocycles. The molecular weight excluding hydrogens is 274 g/mol. The average molecular weight is 293 g/mol. The number of nitrogens with zero attached hydrogens (tertiary/aromatic N) is 4. The summed E-state index contributed by atoms with van der Waals surface area (Å²) >= 11 is 1.46. The molecule has 1 aromatic heterocycles. The van der Waals surface area contributed by atoms with Crippen molar-refractivity contribution in [2.45, 2.75) is 11.4 Å². The minimum atomic E-state index is 0.534. The zero-order chi connectivity index (χ0) is 14.2. The van der Waals surface area contributed by atoms with E-state index in [2.05, 4.69) is 26.3 Å². The first-order chi connectivity index (χ1) is 9.85. The normalized spacial score (nSPS) is 15.8. The number of aromatic nitrogens is 2. The second-order valence-electron chi connectivity index (χ2n) is 4.45. The molecule has 0 radical (unpaired) electrons. The molecule has 0 spiro atoms. The largest absolute Gasteiger partial charge is 0.379 e. The summed E-state index contributed by atoms with van der Waals surface area (Å²) in [6.07, 6.45) is 4.42. The Balaban J connectivity index is 1.80. The minimum Gasteiger partial charge on any atom is -0.379 e. The van der Waals surface area contributed by atoms with Crippen LogP contribution in [0.3, 0.4) is 0 Å². The first-order valence-corrected chi connectivity index (χ1v) is 7.90. The third-order valence-electron chi connectivity index (χ3n) is 3.16. The molecule has 0 amide bonds. The van der Waals surface area contributed by atoms with Gasteiger partial charge >= 0.3 is 0 Å². The maximum absolute atomic E-state index is 9.19. The van der Waals surface area contributed by atoms with Crippen LogP contribution in [-0.4, -0.2) is 60.5 Å². The standard InChI is InChI=1S/C13H19N5OS/c1-20-13-11(9-14)12(16-10-17-13)15-3-2-4-18-5-7-19-8-6-18/h10H,2-8H2,1H3,(H,15,16,17). The maximum atomic E-state index is 9.19. The topological polar surface area (TPSA) is 74.1 Å². The first kappa shape index (κ1) is 15.0. The number of nitrogens with one attached hydrogen (secondary N) is 1. The number of ether oxygens (including phenoxy) is 1. The molecule has 6 nitrogen and oxygen atoms in total. The summed E-state index contributed by atoms with van der Waals surface area (Å²) in [5, 5.41) is 13.1. The third kappa shape index (κ3) is 4.07. The highest BCUT2D eigenvalue weighted by atomic mass is 32.2. The van der Waals surface area contributed by atoms with Crippen LogP contribution in [0.25, 0.3) is 0 Å². The summed E-state index contributed by atoms with van der Waals surface area (Å²) in [7, 11) is 0. The lowest BCUT2D eigenvalue weighted by Crippen LogP contribution is -2.37. The summed E-state index contributed by atoms with van der Waals surface area (Å²) in [6.45, 7) is 5.51. The van der Waals surface area contributed by atoms with Gasteiger partial charge in [-0.25, -0.2) is 9.97 Å².